The SMILES string of the molecule is COc1cc(OC)c(NC(=O)Cn2c(=O)n(CC(=O)NCC3CCCO3)c(=O)c3ccccc32)cc1Cl. The van der Waals surface area contributed by atoms with E-state index in [0.717, 1.165) is 22.0 Å². The highest BCUT2D eigenvalue weighted by molar-refractivity contribution is 6.32. The molecule has 0 spiro atoms. The van der Waals surface area contributed by atoms with E-state index in [9.17, 15) is 19.2 Å². The topological polar surface area (TPSA) is 130 Å². The number of carbonyl (C=O) groups excluding carboxylic acids is 2. The van der Waals surface area contributed by atoms with E-state index in [0.29, 0.717) is 24.7 Å². The van der Waals surface area contributed by atoms with Crippen LogP contribution < -0.4 is 31.4 Å². The van der Waals surface area contributed by atoms with Gasteiger partial charge in [0.2, 0.25) is 11.8 Å². The Morgan fingerprint density at radius 1 is 1.05 bits per heavy atom. The fourth-order valence-corrected chi connectivity index (χ4v) is 4.43. The monoisotopic (exact) mass is 530 g/mol. The van der Waals surface area contributed by atoms with Crippen LogP contribution in [0.25, 0.3) is 10.9 Å². The first kappa shape index (κ1) is 26.2. The molecule has 0 radical (unpaired) electrons. The summed E-state index contributed by atoms with van der Waals surface area (Å²) in [6.07, 6.45) is 1.68. The van der Waals surface area contributed by atoms with E-state index < -0.39 is 36.2 Å². The molecule has 37 heavy (non-hydrogen) atoms. The third-order valence-corrected chi connectivity index (χ3v) is 6.33. The van der Waals surface area contributed by atoms with E-state index in [1.54, 1.807) is 24.3 Å². The number of hydrogen-bond acceptors (Lipinski definition) is 7. The highest BCUT2D eigenvalue weighted by atomic mass is 35.5. The Kier molecular flexibility index (Phi) is 8.14. The van der Waals surface area contributed by atoms with Crippen molar-refractivity contribution in [2.45, 2.75) is 32.0 Å². The molecule has 12 heteroatoms. The average molecular weight is 531 g/mol. The van der Waals surface area contributed by atoms with Gasteiger partial charge in [-0.1, -0.05) is 23.7 Å². The first-order valence-electron chi connectivity index (χ1n) is 11.6. The molecular formula is C25H27ClN4O7. The van der Waals surface area contributed by atoms with Crippen LogP contribution in [0.3, 0.4) is 0 Å². The number of nitrogens with zero attached hydrogens (tertiary/aromatic N) is 2. The molecule has 2 aromatic carbocycles. The van der Waals surface area contributed by atoms with E-state index in [2.05, 4.69) is 10.6 Å². The van der Waals surface area contributed by atoms with Crippen LogP contribution in [0.1, 0.15) is 12.8 Å². The average Bonchev–Trinajstić information content (AvgIpc) is 3.42. The van der Waals surface area contributed by atoms with Crippen LogP contribution in [0.15, 0.2) is 46.0 Å². The molecule has 0 saturated carbocycles. The van der Waals surface area contributed by atoms with Crippen LogP contribution in [0, 0.1) is 0 Å². The number of amides is 2. The lowest BCUT2D eigenvalue weighted by Gasteiger charge is -2.16. The van der Waals surface area contributed by atoms with Crippen molar-refractivity contribution in [3.8, 4) is 11.5 Å². The molecule has 0 aliphatic carbocycles. The van der Waals surface area contributed by atoms with E-state index in [4.69, 9.17) is 25.8 Å². The second-order valence-electron chi connectivity index (χ2n) is 8.45. The minimum atomic E-state index is -0.786. The van der Waals surface area contributed by atoms with Crippen molar-refractivity contribution in [2.75, 3.05) is 32.7 Å². The fourth-order valence-electron chi connectivity index (χ4n) is 4.19. The maximum absolute atomic E-state index is 13.3. The number of hydrogen-bond donors (Lipinski definition) is 2. The van der Waals surface area contributed by atoms with Gasteiger partial charge in [0.05, 0.1) is 41.9 Å². The van der Waals surface area contributed by atoms with Crippen molar-refractivity contribution in [3.05, 3.63) is 62.3 Å². The zero-order valence-electron chi connectivity index (χ0n) is 20.4. The molecule has 2 heterocycles. The van der Waals surface area contributed by atoms with Gasteiger partial charge in [0.1, 0.15) is 24.6 Å². The molecular weight excluding hydrogens is 504 g/mol. The highest BCUT2D eigenvalue weighted by Gasteiger charge is 2.20. The number of rotatable bonds is 9. The van der Waals surface area contributed by atoms with Gasteiger partial charge in [-0.25, -0.2) is 4.79 Å². The lowest BCUT2D eigenvalue weighted by atomic mass is 10.2. The highest BCUT2D eigenvalue weighted by Crippen LogP contribution is 2.35. The lowest BCUT2D eigenvalue weighted by Crippen LogP contribution is -2.45. The van der Waals surface area contributed by atoms with Gasteiger partial charge in [0, 0.05) is 19.2 Å². The van der Waals surface area contributed by atoms with Crippen LogP contribution >= 0.6 is 11.6 Å². The number of benzene rings is 2. The maximum Gasteiger partial charge on any atom is 0.332 e. The predicted molar refractivity (Wildman–Crippen MR) is 138 cm³/mol. The number of anilines is 1. The van der Waals surface area contributed by atoms with Crippen LogP contribution in [0.4, 0.5) is 5.69 Å². The minimum Gasteiger partial charge on any atom is -0.495 e. The second-order valence-corrected chi connectivity index (χ2v) is 8.86. The zero-order chi connectivity index (χ0) is 26.5. The Balaban J connectivity index is 1.61. The fraction of sp³-hybridized carbons (Fsp3) is 0.360. The number of carbonyl (C=O) groups is 2. The number of aromatic nitrogens is 2. The van der Waals surface area contributed by atoms with Gasteiger partial charge in [-0.3, -0.25) is 23.5 Å². The van der Waals surface area contributed by atoms with Gasteiger partial charge < -0.3 is 24.8 Å². The second kappa shape index (κ2) is 11.5. The largest absolute Gasteiger partial charge is 0.495 e. The number of nitrogens with one attached hydrogen (secondary N) is 2. The Morgan fingerprint density at radius 3 is 2.49 bits per heavy atom. The summed E-state index contributed by atoms with van der Waals surface area (Å²) in [5.74, 6) is -0.401. The molecule has 1 unspecified atom stereocenters. The molecule has 1 aliphatic heterocycles. The molecule has 11 nitrogen and oxygen atoms in total. The maximum atomic E-state index is 13.3. The van der Waals surface area contributed by atoms with E-state index in [1.807, 2.05) is 0 Å². The number of ether oxygens (including phenoxy) is 3. The van der Waals surface area contributed by atoms with Crippen LogP contribution in [0.5, 0.6) is 11.5 Å². The van der Waals surface area contributed by atoms with Gasteiger partial charge in [-0.05, 0) is 31.0 Å². The molecule has 3 aromatic rings. The summed E-state index contributed by atoms with van der Waals surface area (Å²) in [5, 5.41) is 5.84. The molecule has 2 N–H and O–H groups in total. The molecule has 1 saturated heterocycles. The van der Waals surface area contributed by atoms with E-state index in [-0.39, 0.29) is 27.7 Å². The van der Waals surface area contributed by atoms with Crippen LogP contribution in [0.2, 0.25) is 5.02 Å². The van der Waals surface area contributed by atoms with Crippen LogP contribution in [-0.4, -0.2) is 54.4 Å². The van der Waals surface area contributed by atoms with Crippen molar-refractivity contribution in [2.24, 2.45) is 0 Å². The zero-order valence-corrected chi connectivity index (χ0v) is 21.2. The van der Waals surface area contributed by atoms with Crippen molar-refractivity contribution in [1.29, 1.82) is 0 Å². The Labute approximate surface area is 216 Å². The van der Waals surface area contributed by atoms with Gasteiger partial charge >= 0.3 is 5.69 Å². The van der Waals surface area contributed by atoms with E-state index >= 15 is 0 Å². The van der Waals surface area contributed by atoms with Gasteiger partial charge in [-0.15, -0.1) is 0 Å². The quantitative estimate of drug-likeness (QED) is 0.431. The summed E-state index contributed by atoms with van der Waals surface area (Å²) in [5.41, 5.74) is -0.861. The first-order valence-corrected chi connectivity index (χ1v) is 12.0. The van der Waals surface area contributed by atoms with Crippen LogP contribution in [-0.2, 0) is 27.4 Å². The minimum absolute atomic E-state index is 0.0823. The smallest absolute Gasteiger partial charge is 0.332 e. The number of methoxy groups -OCH3 is 2. The molecule has 4 rings (SSSR count). The first-order chi connectivity index (χ1) is 17.8. The van der Waals surface area contributed by atoms with Gasteiger partial charge in [0.25, 0.3) is 5.56 Å². The number of fused-ring (bicyclic) bond motifs is 1. The van der Waals surface area contributed by atoms with Gasteiger partial charge in [0.15, 0.2) is 0 Å². The number of para-hydroxylation sites is 1. The molecule has 196 valence electrons. The summed E-state index contributed by atoms with van der Waals surface area (Å²) < 4.78 is 17.9. The van der Waals surface area contributed by atoms with Gasteiger partial charge in [-0.2, -0.15) is 0 Å². The van der Waals surface area contributed by atoms with Crippen molar-refractivity contribution < 1.29 is 23.8 Å². The summed E-state index contributed by atoms with van der Waals surface area (Å²) in [4.78, 5) is 51.9. The molecule has 1 aliphatic rings. The third-order valence-electron chi connectivity index (χ3n) is 6.03. The molecule has 0 bridgehead atoms. The third kappa shape index (κ3) is 5.78. The van der Waals surface area contributed by atoms with Crippen molar-refractivity contribution in [1.82, 2.24) is 14.5 Å². The molecule has 1 aromatic heterocycles. The normalized spacial score (nSPS) is 14.9. The molecule has 2 amide bonds. The Morgan fingerprint density at radius 2 is 1.78 bits per heavy atom. The predicted octanol–water partition coefficient (Wildman–Crippen LogP) is 1.77. The summed E-state index contributed by atoms with van der Waals surface area (Å²) >= 11 is 6.19. The summed E-state index contributed by atoms with van der Waals surface area (Å²) in [7, 11) is 2.88. The lowest BCUT2D eigenvalue weighted by molar-refractivity contribution is -0.122. The Bertz CT molecular complexity index is 1440. The summed E-state index contributed by atoms with van der Waals surface area (Å²) in [6.45, 7) is 0.0266. The molecule has 1 atom stereocenters. The summed E-state index contributed by atoms with van der Waals surface area (Å²) in [6, 6.07) is 9.40. The van der Waals surface area contributed by atoms with E-state index in [1.165, 1.54) is 26.4 Å². The molecule has 1 fully saturated rings. The number of halogens is 1. The van der Waals surface area contributed by atoms with Crippen molar-refractivity contribution in [3.63, 3.8) is 0 Å². The standard InChI is InChI=1S/C25H27ClN4O7/c1-35-20-11-21(36-2)18(10-17(20)26)28-23(32)14-29-19-8-4-3-7-16(19)24(33)30(25(29)34)13-22(31)27-12-15-6-5-9-37-15/h3-4,7-8,10-11,15H,5-6,9,12-14H2,1-2H3,(H,27,31)(H,28,32). The van der Waals surface area contributed by atoms with Crippen molar-refractivity contribution >= 4 is 40.0 Å². The Hall–Kier alpha value is -3.83.